The molecule has 3 aromatic rings. The lowest BCUT2D eigenvalue weighted by molar-refractivity contribution is -0.141. The van der Waals surface area contributed by atoms with Crippen molar-refractivity contribution in [2.45, 2.75) is 46.5 Å². The van der Waals surface area contributed by atoms with Crippen LogP contribution in [-0.4, -0.2) is 25.5 Å². The Balaban J connectivity index is 1.65. The minimum atomic E-state index is -4.51. The van der Waals surface area contributed by atoms with E-state index < -0.39 is 11.9 Å². The van der Waals surface area contributed by atoms with Crippen LogP contribution in [0, 0.1) is 20.8 Å². The van der Waals surface area contributed by atoms with Crippen molar-refractivity contribution >= 4 is 23.2 Å². The Labute approximate surface area is 176 Å². The molecule has 0 bridgehead atoms. The van der Waals surface area contributed by atoms with Gasteiger partial charge in [0.25, 0.3) is 0 Å². The number of nitrogens with zero attached hydrogens (tertiary/aromatic N) is 4. The molecule has 0 aliphatic rings. The molecule has 0 spiro atoms. The van der Waals surface area contributed by atoms with E-state index in [1.807, 2.05) is 19.1 Å². The molecule has 6 nitrogen and oxygen atoms in total. The SMILES string of the molecule is Cc1nn(Cc2ccc(Cl)cc2)c(C)c1NC(=O)CCn1nc(C(F)(F)F)cc1C. The van der Waals surface area contributed by atoms with Gasteiger partial charge in [-0.1, -0.05) is 23.7 Å². The van der Waals surface area contributed by atoms with Gasteiger partial charge in [0.15, 0.2) is 5.69 Å². The summed E-state index contributed by atoms with van der Waals surface area (Å²) in [6.45, 7) is 5.72. The molecule has 160 valence electrons. The molecule has 1 aromatic carbocycles. The second kappa shape index (κ2) is 8.51. The molecule has 1 N–H and O–H groups in total. The molecule has 2 aromatic heterocycles. The van der Waals surface area contributed by atoms with Crippen molar-refractivity contribution in [3.05, 3.63) is 63.7 Å². The maximum Gasteiger partial charge on any atom is 0.435 e. The van der Waals surface area contributed by atoms with Crippen LogP contribution in [0.2, 0.25) is 5.02 Å². The molecule has 0 radical (unpaired) electrons. The van der Waals surface area contributed by atoms with Crippen LogP contribution in [0.5, 0.6) is 0 Å². The monoisotopic (exact) mass is 439 g/mol. The molecule has 0 fully saturated rings. The molecule has 3 rings (SSSR count). The van der Waals surface area contributed by atoms with Gasteiger partial charge in [0.2, 0.25) is 5.91 Å². The summed E-state index contributed by atoms with van der Waals surface area (Å²) in [7, 11) is 0. The summed E-state index contributed by atoms with van der Waals surface area (Å²) in [6.07, 6.45) is -4.52. The molecular formula is C20H21ClF3N5O. The Morgan fingerprint density at radius 3 is 2.37 bits per heavy atom. The van der Waals surface area contributed by atoms with E-state index in [1.165, 1.54) is 11.6 Å². The number of aryl methyl sites for hydroxylation is 3. The fraction of sp³-hybridized carbons (Fsp3) is 0.350. The fourth-order valence-corrected chi connectivity index (χ4v) is 3.20. The summed E-state index contributed by atoms with van der Waals surface area (Å²) < 4.78 is 41.3. The standard InChI is InChI=1S/C20H21ClF3N5O/c1-12-10-17(20(22,23)24)27-28(12)9-8-18(30)25-19-13(2)26-29(14(19)3)11-15-4-6-16(21)7-5-15/h4-7,10H,8-9,11H2,1-3H3,(H,25,30). The number of halogens is 4. The number of carbonyl (C=O) groups is 1. The maximum atomic E-state index is 12.8. The Bertz CT molecular complexity index is 1050. The lowest BCUT2D eigenvalue weighted by Crippen LogP contribution is -2.17. The normalized spacial score (nSPS) is 11.7. The predicted molar refractivity (Wildman–Crippen MR) is 107 cm³/mol. The summed E-state index contributed by atoms with van der Waals surface area (Å²) in [4.78, 5) is 12.4. The average molecular weight is 440 g/mol. The molecule has 0 saturated heterocycles. The molecular weight excluding hydrogens is 419 g/mol. The van der Waals surface area contributed by atoms with Gasteiger partial charge in [-0.25, -0.2) is 0 Å². The first-order valence-electron chi connectivity index (χ1n) is 9.24. The first-order chi connectivity index (χ1) is 14.0. The lowest BCUT2D eigenvalue weighted by Gasteiger charge is -2.08. The van der Waals surface area contributed by atoms with Crippen LogP contribution in [0.1, 0.15) is 34.8 Å². The van der Waals surface area contributed by atoms with E-state index in [-0.39, 0.29) is 18.9 Å². The Hall–Kier alpha value is -2.81. The van der Waals surface area contributed by atoms with Crippen LogP contribution in [0.25, 0.3) is 0 Å². The number of hydrogen-bond acceptors (Lipinski definition) is 3. The van der Waals surface area contributed by atoms with E-state index in [9.17, 15) is 18.0 Å². The highest BCUT2D eigenvalue weighted by atomic mass is 35.5. The molecule has 2 heterocycles. The number of carbonyl (C=O) groups excluding carboxylic acids is 1. The van der Waals surface area contributed by atoms with Crippen LogP contribution >= 0.6 is 11.6 Å². The summed E-state index contributed by atoms with van der Waals surface area (Å²) in [5.41, 5.74) is 2.43. The van der Waals surface area contributed by atoms with Crippen molar-refractivity contribution < 1.29 is 18.0 Å². The van der Waals surface area contributed by atoms with Gasteiger partial charge in [0.05, 0.1) is 23.6 Å². The van der Waals surface area contributed by atoms with Gasteiger partial charge in [-0.2, -0.15) is 23.4 Å². The van der Waals surface area contributed by atoms with Crippen LogP contribution < -0.4 is 5.32 Å². The molecule has 0 unspecified atom stereocenters. The van der Waals surface area contributed by atoms with E-state index in [0.29, 0.717) is 28.6 Å². The Kier molecular flexibility index (Phi) is 6.21. The highest BCUT2D eigenvalue weighted by Gasteiger charge is 2.34. The van der Waals surface area contributed by atoms with Crippen LogP contribution in [0.3, 0.4) is 0 Å². The van der Waals surface area contributed by atoms with E-state index in [0.717, 1.165) is 17.3 Å². The Morgan fingerprint density at radius 1 is 1.10 bits per heavy atom. The minimum absolute atomic E-state index is 0.0128. The van der Waals surface area contributed by atoms with Crippen molar-refractivity contribution in [2.75, 3.05) is 5.32 Å². The number of alkyl halides is 3. The molecule has 0 aliphatic carbocycles. The molecule has 0 saturated carbocycles. The zero-order valence-electron chi connectivity index (χ0n) is 16.7. The van der Waals surface area contributed by atoms with Crippen molar-refractivity contribution in [3.8, 4) is 0 Å². The first-order valence-corrected chi connectivity index (χ1v) is 9.62. The summed E-state index contributed by atoms with van der Waals surface area (Å²) in [6, 6.07) is 8.36. The highest BCUT2D eigenvalue weighted by Crippen LogP contribution is 2.28. The second-order valence-corrected chi connectivity index (χ2v) is 7.46. The highest BCUT2D eigenvalue weighted by molar-refractivity contribution is 6.30. The van der Waals surface area contributed by atoms with E-state index >= 15 is 0 Å². The third-order valence-electron chi connectivity index (χ3n) is 4.71. The van der Waals surface area contributed by atoms with Gasteiger partial charge in [-0.3, -0.25) is 14.2 Å². The lowest BCUT2D eigenvalue weighted by atomic mass is 10.2. The van der Waals surface area contributed by atoms with Gasteiger partial charge in [-0.05, 0) is 44.5 Å². The van der Waals surface area contributed by atoms with Gasteiger partial charge in [0, 0.05) is 23.7 Å². The van der Waals surface area contributed by atoms with E-state index in [1.54, 1.807) is 23.7 Å². The fourth-order valence-electron chi connectivity index (χ4n) is 3.08. The molecule has 1 amide bonds. The van der Waals surface area contributed by atoms with Gasteiger partial charge in [-0.15, -0.1) is 0 Å². The maximum absolute atomic E-state index is 12.8. The smallest absolute Gasteiger partial charge is 0.323 e. The van der Waals surface area contributed by atoms with Gasteiger partial charge in [0.1, 0.15) is 0 Å². The quantitative estimate of drug-likeness (QED) is 0.602. The number of aromatic nitrogens is 4. The number of amides is 1. The number of nitrogens with one attached hydrogen (secondary N) is 1. The Morgan fingerprint density at radius 2 is 1.77 bits per heavy atom. The van der Waals surface area contributed by atoms with Gasteiger partial charge >= 0.3 is 6.18 Å². The summed E-state index contributed by atoms with van der Waals surface area (Å²) in [5.74, 6) is -0.323. The van der Waals surface area contributed by atoms with Crippen LogP contribution in [0.4, 0.5) is 18.9 Å². The van der Waals surface area contributed by atoms with Crippen molar-refractivity contribution in [1.82, 2.24) is 19.6 Å². The molecule has 10 heteroatoms. The van der Waals surface area contributed by atoms with Crippen molar-refractivity contribution in [3.63, 3.8) is 0 Å². The van der Waals surface area contributed by atoms with Crippen molar-refractivity contribution in [2.24, 2.45) is 0 Å². The summed E-state index contributed by atoms with van der Waals surface area (Å²) in [5, 5.41) is 11.5. The average Bonchev–Trinajstić information content (AvgIpc) is 3.17. The first kappa shape index (κ1) is 21.9. The number of anilines is 1. The molecule has 0 atom stereocenters. The zero-order valence-corrected chi connectivity index (χ0v) is 17.5. The van der Waals surface area contributed by atoms with Gasteiger partial charge < -0.3 is 5.32 Å². The number of hydrogen-bond donors (Lipinski definition) is 1. The van der Waals surface area contributed by atoms with E-state index in [2.05, 4.69) is 15.5 Å². The second-order valence-electron chi connectivity index (χ2n) is 7.02. The topological polar surface area (TPSA) is 64.7 Å². The number of rotatable bonds is 6. The predicted octanol–water partition coefficient (Wildman–Crippen LogP) is 4.75. The third-order valence-corrected chi connectivity index (χ3v) is 4.97. The van der Waals surface area contributed by atoms with Crippen molar-refractivity contribution in [1.29, 1.82) is 0 Å². The number of benzene rings is 1. The largest absolute Gasteiger partial charge is 0.435 e. The third kappa shape index (κ3) is 5.02. The minimum Gasteiger partial charge on any atom is -0.323 e. The molecule has 30 heavy (non-hydrogen) atoms. The zero-order chi connectivity index (χ0) is 22.1. The molecule has 0 aliphatic heterocycles. The van der Waals surface area contributed by atoms with Crippen LogP contribution in [0.15, 0.2) is 30.3 Å². The van der Waals surface area contributed by atoms with E-state index in [4.69, 9.17) is 11.6 Å². The summed E-state index contributed by atoms with van der Waals surface area (Å²) >= 11 is 5.91. The van der Waals surface area contributed by atoms with Crippen LogP contribution in [-0.2, 0) is 24.1 Å².